The lowest BCUT2D eigenvalue weighted by Gasteiger charge is -2.28. The molecular weight excluding hydrogens is 210 g/mol. The van der Waals surface area contributed by atoms with E-state index in [1.165, 1.54) is 18.5 Å². The Balaban J connectivity index is 2.30. The van der Waals surface area contributed by atoms with Crippen LogP contribution >= 0.6 is 0 Å². The molecule has 1 saturated carbocycles. The predicted octanol–water partition coefficient (Wildman–Crippen LogP) is 3.26. The maximum atomic E-state index is 9.26. The standard InChI is InChI=1S/C14H21N3/c1-3-12-9-13(4-2)17(16-12)14-8-6-5-7-11(14)10-15/h9,11,14H,3-8H2,1-2H3. The molecule has 0 N–H and O–H groups in total. The van der Waals surface area contributed by atoms with Crippen LogP contribution in [0.25, 0.3) is 0 Å². The summed E-state index contributed by atoms with van der Waals surface area (Å²) in [5.74, 6) is 0.152. The zero-order valence-corrected chi connectivity index (χ0v) is 10.8. The molecule has 3 nitrogen and oxygen atoms in total. The molecule has 1 aliphatic carbocycles. The molecule has 2 unspecified atom stereocenters. The average molecular weight is 231 g/mol. The van der Waals surface area contributed by atoms with Crippen molar-refractivity contribution in [3.05, 3.63) is 17.5 Å². The van der Waals surface area contributed by atoms with Crippen LogP contribution in [0.5, 0.6) is 0 Å². The first kappa shape index (κ1) is 12.2. The second kappa shape index (κ2) is 5.35. The normalized spacial score (nSPS) is 24.5. The summed E-state index contributed by atoms with van der Waals surface area (Å²) in [5.41, 5.74) is 2.44. The van der Waals surface area contributed by atoms with Crippen LogP contribution in [0.2, 0.25) is 0 Å². The van der Waals surface area contributed by atoms with Gasteiger partial charge < -0.3 is 0 Å². The summed E-state index contributed by atoms with van der Waals surface area (Å²) in [7, 11) is 0. The van der Waals surface area contributed by atoms with Gasteiger partial charge in [0.05, 0.1) is 23.7 Å². The molecule has 0 aromatic carbocycles. The van der Waals surface area contributed by atoms with Crippen LogP contribution in [-0.2, 0) is 12.8 Å². The Kier molecular flexibility index (Phi) is 3.83. The SMILES string of the molecule is CCc1cc(CC)n(C2CCCCC2C#N)n1. The topological polar surface area (TPSA) is 41.6 Å². The summed E-state index contributed by atoms with van der Waals surface area (Å²) >= 11 is 0. The minimum Gasteiger partial charge on any atom is -0.265 e. The molecule has 2 atom stereocenters. The lowest BCUT2D eigenvalue weighted by Crippen LogP contribution is -2.24. The van der Waals surface area contributed by atoms with Crippen LogP contribution < -0.4 is 0 Å². The predicted molar refractivity (Wildman–Crippen MR) is 67.6 cm³/mol. The van der Waals surface area contributed by atoms with Gasteiger partial charge in [0, 0.05) is 5.69 Å². The van der Waals surface area contributed by atoms with E-state index in [1.807, 2.05) is 0 Å². The Morgan fingerprint density at radius 3 is 2.76 bits per heavy atom. The van der Waals surface area contributed by atoms with Crippen molar-refractivity contribution >= 4 is 0 Å². The van der Waals surface area contributed by atoms with Crippen LogP contribution in [0.1, 0.15) is 57.0 Å². The molecule has 0 radical (unpaired) electrons. The number of aromatic nitrogens is 2. The molecule has 3 heteroatoms. The van der Waals surface area contributed by atoms with E-state index in [0.29, 0.717) is 6.04 Å². The molecule has 2 rings (SSSR count). The van der Waals surface area contributed by atoms with Gasteiger partial charge in [-0.15, -0.1) is 0 Å². The van der Waals surface area contributed by atoms with E-state index in [0.717, 1.165) is 31.4 Å². The van der Waals surface area contributed by atoms with Crippen LogP contribution in [0, 0.1) is 17.2 Å². The third-order valence-corrected chi connectivity index (χ3v) is 3.80. The molecule has 17 heavy (non-hydrogen) atoms. The largest absolute Gasteiger partial charge is 0.265 e. The van der Waals surface area contributed by atoms with Gasteiger partial charge in [0.25, 0.3) is 0 Å². The second-order valence-electron chi connectivity index (χ2n) is 4.87. The highest BCUT2D eigenvalue weighted by Gasteiger charge is 2.28. The summed E-state index contributed by atoms with van der Waals surface area (Å²) in [6, 6.07) is 4.98. The van der Waals surface area contributed by atoms with Crippen LogP contribution in [0.15, 0.2) is 6.07 Å². The number of nitriles is 1. The fourth-order valence-electron chi connectivity index (χ4n) is 2.77. The maximum Gasteiger partial charge on any atom is 0.0687 e. The van der Waals surface area contributed by atoms with Gasteiger partial charge in [-0.2, -0.15) is 10.4 Å². The quantitative estimate of drug-likeness (QED) is 0.801. The smallest absolute Gasteiger partial charge is 0.0687 e. The van der Waals surface area contributed by atoms with E-state index >= 15 is 0 Å². The number of aryl methyl sites for hydroxylation is 2. The first-order chi connectivity index (χ1) is 8.30. The molecular formula is C14H21N3. The zero-order chi connectivity index (χ0) is 12.3. The monoisotopic (exact) mass is 231 g/mol. The van der Waals surface area contributed by atoms with Gasteiger partial charge in [-0.3, -0.25) is 4.68 Å². The minimum absolute atomic E-state index is 0.152. The van der Waals surface area contributed by atoms with E-state index in [9.17, 15) is 5.26 Å². The summed E-state index contributed by atoms with van der Waals surface area (Å²) in [5, 5.41) is 13.9. The molecule has 0 bridgehead atoms. The molecule has 0 aliphatic heterocycles. The Hall–Kier alpha value is -1.30. The van der Waals surface area contributed by atoms with E-state index in [2.05, 4.69) is 35.8 Å². The summed E-state index contributed by atoms with van der Waals surface area (Å²) in [6.45, 7) is 4.30. The van der Waals surface area contributed by atoms with Crippen molar-refractivity contribution in [1.29, 1.82) is 5.26 Å². The fourth-order valence-corrected chi connectivity index (χ4v) is 2.77. The molecule has 1 aromatic heterocycles. The van der Waals surface area contributed by atoms with Crippen molar-refractivity contribution in [2.45, 2.75) is 58.4 Å². The second-order valence-corrected chi connectivity index (χ2v) is 4.87. The lowest BCUT2D eigenvalue weighted by atomic mass is 9.85. The number of hydrogen-bond donors (Lipinski definition) is 0. The molecule has 92 valence electrons. The Bertz CT molecular complexity index is 414. The Morgan fingerprint density at radius 2 is 2.12 bits per heavy atom. The lowest BCUT2D eigenvalue weighted by molar-refractivity contribution is 0.264. The molecule has 0 amide bonds. The third-order valence-electron chi connectivity index (χ3n) is 3.80. The van der Waals surface area contributed by atoms with Gasteiger partial charge in [-0.05, 0) is 31.7 Å². The third kappa shape index (κ3) is 2.36. The molecule has 1 aromatic rings. The van der Waals surface area contributed by atoms with E-state index in [4.69, 9.17) is 0 Å². The van der Waals surface area contributed by atoms with Crippen LogP contribution in [-0.4, -0.2) is 9.78 Å². The van der Waals surface area contributed by atoms with Crippen molar-refractivity contribution in [3.63, 3.8) is 0 Å². The van der Waals surface area contributed by atoms with Crippen molar-refractivity contribution in [2.75, 3.05) is 0 Å². The molecule has 1 heterocycles. The van der Waals surface area contributed by atoms with Gasteiger partial charge in [0.15, 0.2) is 0 Å². The molecule has 0 spiro atoms. The first-order valence-electron chi connectivity index (χ1n) is 6.77. The highest BCUT2D eigenvalue weighted by atomic mass is 15.3. The summed E-state index contributed by atoms with van der Waals surface area (Å²) in [4.78, 5) is 0. The maximum absolute atomic E-state index is 9.26. The van der Waals surface area contributed by atoms with E-state index < -0.39 is 0 Å². The van der Waals surface area contributed by atoms with Crippen molar-refractivity contribution in [1.82, 2.24) is 9.78 Å². The first-order valence-corrected chi connectivity index (χ1v) is 6.77. The van der Waals surface area contributed by atoms with Crippen molar-refractivity contribution < 1.29 is 0 Å². The number of nitrogens with zero attached hydrogens (tertiary/aromatic N) is 3. The van der Waals surface area contributed by atoms with Gasteiger partial charge in [-0.1, -0.05) is 26.7 Å². The number of rotatable bonds is 3. The molecule has 1 aliphatic rings. The van der Waals surface area contributed by atoms with Crippen molar-refractivity contribution in [2.24, 2.45) is 5.92 Å². The average Bonchev–Trinajstić information content (AvgIpc) is 2.81. The van der Waals surface area contributed by atoms with E-state index in [-0.39, 0.29) is 5.92 Å². The number of hydrogen-bond acceptors (Lipinski definition) is 2. The van der Waals surface area contributed by atoms with Gasteiger partial charge >= 0.3 is 0 Å². The minimum atomic E-state index is 0.152. The van der Waals surface area contributed by atoms with Crippen LogP contribution in [0.4, 0.5) is 0 Å². The highest BCUT2D eigenvalue weighted by molar-refractivity contribution is 5.12. The van der Waals surface area contributed by atoms with Gasteiger partial charge in [0.2, 0.25) is 0 Å². The fraction of sp³-hybridized carbons (Fsp3) is 0.714. The van der Waals surface area contributed by atoms with Gasteiger partial charge in [-0.25, -0.2) is 0 Å². The van der Waals surface area contributed by atoms with E-state index in [1.54, 1.807) is 0 Å². The Labute approximate surface area is 103 Å². The molecule has 0 saturated heterocycles. The van der Waals surface area contributed by atoms with Crippen molar-refractivity contribution in [3.8, 4) is 6.07 Å². The summed E-state index contributed by atoms with van der Waals surface area (Å²) in [6.07, 6.45) is 6.54. The Morgan fingerprint density at radius 1 is 1.35 bits per heavy atom. The molecule has 1 fully saturated rings. The van der Waals surface area contributed by atoms with Crippen LogP contribution in [0.3, 0.4) is 0 Å². The zero-order valence-electron chi connectivity index (χ0n) is 10.8. The highest BCUT2D eigenvalue weighted by Crippen LogP contribution is 2.34. The summed E-state index contributed by atoms with van der Waals surface area (Å²) < 4.78 is 2.14. The van der Waals surface area contributed by atoms with Gasteiger partial charge in [0.1, 0.15) is 0 Å².